The van der Waals surface area contributed by atoms with E-state index in [1.807, 2.05) is 81.7 Å². The van der Waals surface area contributed by atoms with Gasteiger partial charge in [-0.05, 0) is 68.6 Å². The molecule has 180 valence electrons. The molecule has 1 unspecified atom stereocenters. The Morgan fingerprint density at radius 2 is 1.42 bits per heavy atom. The molecule has 1 atom stereocenters. The molecule has 0 bridgehead atoms. The standard InChI is InChI=1S/C24H36NO5PSi2/c1-25(23(26)19-14-20-12-10-9-11-13-20)24(21-15-17-22(28-2)18-16-21)31(27,29-32(3,4)5)30-33(6,7)8/h9-19,24H,1-8H3. The smallest absolute Gasteiger partial charge is 0.338 e. The number of ether oxygens (including phenoxy) is 1. The van der Waals surface area contributed by atoms with Gasteiger partial charge in [-0.3, -0.25) is 9.36 Å². The second kappa shape index (κ2) is 11.0. The van der Waals surface area contributed by atoms with Gasteiger partial charge in [-0.2, -0.15) is 0 Å². The molecule has 0 aliphatic heterocycles. The Bertz CT molecular complexity index is 978. The van der Waals surface area contributed by atoms with Gasteiger partial charge in [-0.25, -0.2) is 0 Å². The number of rotatable bonds is 10. The lowest BCUT2D eigenvalue weighted by molar-refractivity contribution is -0.125. The maximum absolute atomic E-state index is 14.5. The number of hydrogen-bond donors (Lipinski definition) is 0. The van der Waals surface area contributed by atoms with Crippen molar-refractivity contribution in [3.05, 3.63) is 71.8 Å². The van der Waals surface area contributed by atoms with E-state index in [1.165, 1.54) is 11.0 Å². The van der Waals surface area contributed by atoms with Crippen molar-refractivity contribution in [3.8, 4) is 5.75 Å². The number of carbonyl (C=O) groups is 1. The van der Waals surface area contributed by atoms with Crippen molar-refractivity contribution in [2.45, 2.75) is 45.1 Å². The molecule has 0 radical (unpaired) electrons. The third kappa shape index (κ3) is 8.39. The highest BCUT2D eigenvalue weighted by molar-refractivity contribution is 7.57. The van der Waals surface area contributed by atoms with Gasteiger partial charge >= 0.3 is 7.60 Å². The Kier molecular flexibility index (Phi) is 9.07. The Balaban J connectivity index is 2.55. The average molecular weight is 506 g/mol. The van der Waals surface area contributed by atoms with Gasteiger partial charge in [0.25, 0.3) is 0 Å². The van der Waals surface area contributed by atoms with E-state index >= 15 is 0 Å². The third-order valence-corrected chi connectivity index (χ3v) is 12.1. The molecule has 0 N–H and O–H groups in total. The van der Waals surface area contributed by atoms with Crippen LogP contribution in [0.3, 0.4) is 0 Å². The van der Waals surface area contributed by atoms with Gasteiger partial charge in [-0.15, -0.1) is 0 Å². The zero-order valence-electron chi connectivity index (χ0n) is 20.9. The molecule has 0 spiro atoms. The molecule has 0 heterocycles. The molecule has 0 saturated heterocycles. The molecule has 0 fully saturated rings. The number of nitrogens with zero attached hydrogens (tertiary/aromatic N) is 1. The van der Waals surface area contributed by atoms with E-state index in [0.29, 0.717) is 11.3 Å². The van der Waals surface area contributed by atoms with Crippen LogP contribution in [0.15, 0.2) is 60.7 Å². The first-order valence-corrected chi connectivity index (χ1v) is 19.3. The van der Waals surface area contributed by atoms with Gasteiger partial charge in [0.2, 0.25) is 5.91 Å². The summed E-state index contributed by atoms with van der Waals surface area (Å²) in [6, 6.07) is 16.8. The zero-order chi connectivity index (χ0) is 24.9. The molecular weight excluding hydrogens is 469 g/mol. The highest BCUT2D eigenvalue weighted by atomic mass is 31.2. The lowest BCUT2D eigenvalue weighted by Crippen LogP contribution is -2.37. The van der Waals surface area contributed by atoms with Crippen molar-refractivity contribution >= 4 is 36.2 Å². The van der Waals surface area contributed by atoms with E-state index < -0.39 is 30.0 Å². The first-order chi connectivity index (χ1) is 15.2. The van der Waals surface area contributed by atoms with Crippen LogP contribution in [0.4, 0.5) is 0 Å². The molecule has 2 rings (SSSR count). The number of amides is 1. The minimum atomic E-state index is -3.77. The minimum Gasteiger partial charge on any atom is -0.497 e. The molecule has 1 amide bonds. The molecule has 2 aromatic carbocycles. The topological polar surface area (TPSA) is 65.1 Å². The van der Waals surface area contributed by atoms with Gasteiger partial charge in [0.15, 0.2) is 22.4 Å². The number of carbonyl (C=O) groups excluding carboxylic acids is 1. The molecule has 6 nitrogen and oxygen atoms in total. The zero-order valence-corrected chi connectivity index (χ0v) is 23.8. The van der Waals surface area contributed by atoms with Gasteiger partial charge in [0, 0.05) is 13.1 Å². The van der Waals surface area contributed by atoms with Crippen LogP contribution in [0, 0.1) is 0 Å². The van der Waals surface area contributed by atoms with Crippen LogP contribution in [0.1, 0.15) is 16.9 Å². The van der Waals surface area contributed by atoms with E-state index in [9.17, 15) is 9.36 Å². The fourth-order valence-electron chi connectivity index (χ4n) is 3.25. The predicted octanol–water partition coefficient (Wildman–Crippen LogP) is 6.76. The van der Waals surface area contributed by atoms with Crippen molar-refractivity contribution in [2.24, 2.45) is 0 Å². The van der Waals surface area contributed by atoms with Crippen molar-refractivity contribution in [2.75, 3.05) is 14.2 Å². The van der Waals surface area contributed by atoms with Gasteiger partial charge < -0.3 is 18.1 Å². The maximum Gasteiger partial charge on any atom is 0.338 e. The molecule has 0 aromatic heterocycles. The first kappa shape index (κ1) is 27.3. The highest BCUT2D eigenvalue weighted by Crippen LogP contribution is 2.65. The normalized spacial score (nSPS) is 13.7. The number of likely N-dealkylation sites (N-methyl/N-ethyl adjacent to an activating group) is 1. The SMILES string of the molecule is COc1ccc(C(N(C)C(=O)C=Cc2ccccc2)P(=O)(O[Si](C)(C)C)O[Si](C)(C)C)cc1. The quantitative estimate of drug-likeness (QED) is 0.203. The second-order valence-corrected chi connectivity index (χ2v) is 21.3. The largest absolute Gasteiger partial charge is 0.497 e. The van der Waals surface area contributed by atoms with Crippen molar-refractivity contribution in [3.63, 3.8) is 0 Å². The fourth-order valence-corrected chi connectivity index (χ4v) is 11.7. The van der Waals surface area contributed by atoms with E-state index in [4.69, 9.17) is 13.2 Å². The molecular formula is C24H36NO5PSi2. The van der Waals surface area contributed by atoms with Crippen LogP contribution in [-0.2, 0) is 17.8 Å². The van der Waals surface area contributed by atoms with Crippen LogP contribution in [-0.4, -0.2) is 41.6 Å². The summed E-state index contributed by atoms with van der Waals surface area (Å²) in [7, 11) is -5.15. The number of benzene rings is 2. The van der Waals surface area contributed by atoms with Gasteiger partial charge in [0.05, 0.1) is 7.11 Å². The summed E-state index contributed by atoms with van der Waals surface area (Å²) in [6.07, 6.45) is 3.23. The molecule has 0 aliphatic carbocycles. The molecule has 0 saturated carbocycles. The molecule has 33 heavy (non-hydrogen) atoms. The minimum absolute atomic E-state index is 0.293. The third-order valence-electron chi connectivity index (χ3n) is 4.45. The lowest BCUT2D eigenvalue weighted by atomic mass is 10.2. The molecule has 2 aromatic rings. The monoisotopic (exact) mass is 505 g/mol. The second-order valence-electron chi connectivity index (χ2n) is 9.79. The van der Waals surface area contributed by atoms with Gasteiger partial charge in [0.1, 0.15) is 5.75 Å². The summed E-state index contributed by atoms with van der Waals surface area (Å²) in [5, 5.41) is 0. The predicted molar refractivity (Wildman–Crippen MR) is 140 cm³/mol. The lowest BCUT2D eigenvalue weighted by Gasteiger charge is -2.39. The summed E-state index contributed by atoms with van der Waals surface area (Å²) >= 11 is 0. The van der Waals surface area contributed by atoms with Crippen LogP contribution >= 0.6 is 7.60 Å². The van der Waals surface area contributed by atoms with Crippen LogP contribution in [0.25, 0.3) is 6.08 Å². The summed E-state index contributed by atoms with van der Waals surface area (Å²) < 4.78 is 32.3. The summed E-state index contributed by atoms with van der Waals surface area (Å²) in [5.74, 6) is -0.518. The van der Waals surface area contributed by atoms with Crippen molar-refractivity contribution in [1.82, 2.24) is 4.90 Å². The Labute approximate surface area is 200 Å². The number of hydrogen-bond acceptors (Lipinski definition) is 5. The van der Waals surface area contributed by atoms with Gasteiger partial charge in [-0.1, -0.05) is 42.5 Å². The Morgan fingerprint density at radius 1 is 0.909 bits per heavy atom. The Hall–Kier alpha value is -1.97. The fraction of sp³-hybridized carbons (Fsp3) is 0.375. The van der Waals surface area contributed by atoms with E-state index in [0.717, 1.165) is 5.56 Å². The van der Waals surface area contributed by atoms with E-state index in [2.05, 4.69) is 0 Å². The highest BCUT2D eigenvalue weighted by Gasteiger charge is 2.47. The molecule has 9 heteroatoms. The summed E-state index contributed by atoms with van der Waals surface area (Å²) in [5.41, 5.74) is 1.57. The van der Waals surface area contributed by atoms with Crippen LogP contribution < -0.4 is 4.74 Å². The summed E-state index contributed by atoms with van der Waals surface area (Å²) in [6.45, 7) is 11.8. The van der Waals surface area contributed by atoms with Crippen molar-refractivity contribution in [1.29, 1.82) is 0 Å². The first-order valence-electron chi connectivity index (χ1n) is 10.9. The van der Waals surface area contributed by atoms with E-state index in [1.54, 1.807) is 32.4 Å². The van der Waals surface area contributed by atoms with Crippen LogP contribution in [0.5, 0.6) is 5.75 Å². The Morgan fingerprint density at radius 3 is 1.88 bits per heavy atom. The summed E-state index contributed by atoms with van der Waals surface area (Å²) in [4.78, 5) is 14.7. The van der Waals surface area contributed by atoms with Crippen LogP contribution in [0.2, 0.25) is 39.3 Å². The molecule has 0 aliphatic rings. The number of methoxy groups -OCH3 is 1. The maximum atomic E-state index is 14.5. The van der Waals surface area contributed by atoms with E-state index in [-0.39, 0.29) is 5.91 Å². The average Bonchev–Trinajstić information content (AvgIpc) is 2.70. The van der Waals surface area contributed by atoms with Crippen molar-refractivity contribution < 1.29 is 22.5 Å².